The predicted octanol–water partition coefficient (Wildman–Crippen LogP) is 5.71. The molecule has 35 heavy (non-hydrogen) atoms. The Kier molecular flexibility index (Phi) is 6.77. The second-order valence-electron chi connectivity index (χ2n) is 12.1. The van der Waals surface area contributed by atoms with E-state index in [2.05, 4.69) is 17.2 Å². The number of aliphatic hydroxyl groups is 1. The summed E-state index contributed by atoms with van der Waals surface area (Å²) in [4.78, 5) is 13.3. The maximum absolute atomic E-state index is 13.3. The van der Waals surface area contributed by atoms with Crippen LogP contribution in [-0.2, 0) is 9.53 Å². The molecule has 0 saturated heterocycles. The lowest BCUT2D eigenvalue weighted by atomic mass is 9.49. The molecular weight excluding hydrogens is 445 g/mol. The Morgan fingerprint density at radius 1 is 1.14 bits per heavy atom. The molecule has 5 rings (SSSR count). The zero-order chi connectivity index (χ0) is 24.8. The molecule has 0 unspecified atom stereocenters. The van der Waals surface area contributed by atoms with Gasteiger partial charge in [-0.2, -0.15) is 10.2 Å². The smallest absolute Gasteiger partial charge is 0.159 e. The van der Waals surface area contributed by atoms with E-state index in [4.69, 9.17) is 10.5 Å². The van der Waals surface area contributed by atoms with Crippen molar-refractivity contribution in [2.24, 2.45) is 51.2 Å². The van der Waals surface area contributed by atoms with Crippen LogP contribution in [0.2, 0.25) is 0 Å². The first-order valence-electron chi connectivity index (χ1n) is 13.4. The first-order chi connectivity index (χ1) is 16.7. The molecule has 8 atom stereocenters. The molecule has 1 aromatic rings. The number of benzene rings is 1. The highest BCUT2D eigenvalue weighted by Crippen LogP contribution is 2.64. The summed E-state index contributed by atoms with van der Waals surface area (Å²) in [5, 5.41) is 19.2. The van der Waals surface area contributed by atoms with Crippen LogP contribution in [0, 0.1) is 46.7 Å². The van der Waals surface area contributed by atoms with E-state index >= 15 is 0 Å². The molecule has 0 heterocycles. The van der Waals surface area contributed by atoms with Crippen molar-refractivity contribution in [3.63, 3.8) is 0 Å². The highest BCUT2D eigenvalue weighted by molar-refractivity contribution is 5.84. The van der Waals surface area contributed by atoms with Crippen LogP contribution in [0.25, 0.3) is 0 Å². The summed E-state index contributed by atoms with van der Waals surface area (Å²) in [5.74, 6) is 3.14. The van der Waals surface area contributed by atoms with Crippen LogP contribution in [0.15, 0.2) is 28.4 Å². The summed E-state index contributed by atoms with van der Waals surface area (Å²) >= 11 is 0. The van der Waals surface area contributed by atoms with Crippen molar-refractivity contribution in [1.29, 1.82) is 0 Å². The van der Waals surface area contributed by atoms with Crippen molar-refractivity contribution in [3.8, 4) is 0 Å². The Hall–Kier alpha value is -1.86. The number of carbonyl (C=O) groups excluding carboxylic acids is 1. The minimum Gasteiger partial charge on any atom is -0.397 e. The van der Waals surface area contributed by atoms with E-state index in [0.29, 0.717) is 36.0 Å². The molecular formula is C28H40FN3O3. The number of anilines is 1. The van der Waals surface area contributed by atoms with Crippen molar-refractivity contribution in [1.82, 2.24) is 0 Å². The third-order valence-electron chi connectivity index (χ3n) is 10.3. The Morgan fingerprint density at radius 3 is 2.71 bits per heavy atom. The summed E-state index contributed by atoms with van der Waals surface area (Å²) in [7, 11) is 1.68. The molecule has 4 aliphatic carbocycles. The fourth-order valence-corrected chi connectivity index (χ4v) is 8.80. The quantitative estimate of drug-likeness (QED) is 0.398. The van der Waals surface area contributed by atoms with Crippen LogP contribution >= 0.6 is 0 Å². The number of ether oxygens (including phenoxy) is 1. The summed E-state index contributed by atoms with van der Waals surface area (Å²) in [6, 6.07) is 4.01. The van der Waals surface area contributed by atoms with Gasteiger partial charge < -0.3 is 15.6 Å². The van der Waals surface area contributed by atoms with Crippen LogP contribution in [-0.4, -0.2) is 36.8 Å². The summed E-state index contributed by atoms with van der Waals surface area (Å²) in [6.45, 7) is 2.85. The minimum absolute atomic E-state index is 0.0360. The Morgan fingerprint density at radius 2 is 1.94 bits per heavy atom. The van der Waals surface area contributed by atoms with Crippen LogP contribution in [0.3, 0.4) is 0 Å². The average molecular weight is 486 g/mol. The molecule has 3 N–H and O–H groups in total. The van der Waals surface area contributed by atoms with Crippen LogP contribution in [0.4, 0.5) is 15.8 Å². The topological polar surface area (TPSA) is 97.3 Å². The van der Waals surface area contributed by atoms with Gasteiger partial charge in [-0.3, -0.25) is 4.79 Å². The standard InChI is InChI=1S/C28H40FN3O3/c1-27-11-9-20-19-10-12-28(34,16-35-2)14-17(19)3-5-21(20)22(27)6-7-23(27)26(33)15-31-32-25-8-4-18(29)13-24(25)30/h4,8,13,17,19-23,34H,3,5-7,9-12,14-16,30H2,1-2H3/t17-,19+,20-,21-,22+,23-,27+,28-/m1/s1. The Balaban J connectivity index is 1.23. The molecule has 0 amide bonds. The third kappa shape index (κ3) is 4.55. The molecule has 4 aliphatic rings. The van der Waals surface area contributed by atoms with Gasteiger partial charge in [0.1, 0.15) is 18.0 Å². The van der Waals surface area contributed by atoms with Gasteiger partial charge in [0.2, 0.25) is 0 Å². The normalized spacial score (nSPS) is 40.8. The van der Waals surface area contributed by atoms with Gasteiger partial charge in [0, 0.05) is 13.0 Å². The van der Waals surface area contributed by atoms with E-state index < -0.39 is 11.4 Å². The second-order valence-corrected chi connectivity index (χ2v) is 12.1. The van der Waals surface area contributed by atoms with Gasteiger partial charge in [0.25, 0.3) is 0 Å². The number of nitrogens with zero attached hydrogens (tertiary/aromatic N) is 2. The molecule has 0 bridgehead atoms. The summed E-state index contributed by atoms with van der Waals surface area (Å²) in [6.07, 6.45) is 9.60. The Labute approximate surface area is 207 Å². The number of azo groups is 1. The number of Topliss-reactive ketones (excluding diaryl/α,β-unsaturated/α-hetero) is 1. The number of hydrogen-bond donors (Lipinski definition) is 2. The van der Waals surface area contributed by atoms with Crippen molar-refractivity contribution < 1.29 is 19.0 Å². The van der Waals surface area contributed by atoms with Gasteiger partial charge in [-0.15, -0.1) is 0 Å². The summed E-state index contributed by atoms with van der Waals surface area (Å²) in [5.41, 5.74) is 5.83. The number of methoxy groups -OCH3 is 1. The van der Waals surface area contributed by atoms with Crippen molar-refractivity contribution in [2.45, 2.75) is 70.3 Å². The van der Waals surface area contributed by atoms with Crippen molar-refractivity contribution in [3.05, 3.63) is 24.0 Å². The third-order valence-corrected chi connectivity index (χ3v) is 10.3. The van der Waals surface area contributed by atoms with Gasteiger partial charge in [-0.1, -0.05) is 6.92 Å². The minimum atomic E-state index is -0.649. The highest BCUT2D eigenvalue weighted by Gasteiger charge is 2.58. The van der Waals surface area contributed by atoms with E-state index in [1.165, 1.54) is 37.5 Å². The van der Waals surface area contributed by atoms with Gasteiger partial charge in [0.15, 0.2) is 5.78 Å². The maximum Gasteiger partial charge on any atom is 0.159 e. The molecule has 1 aromatic carbocycles. The van der Waals surface area contributed by atoms with Gasteiger partial charge >= 0.3 is 0 Å². The predicted molar refractivity (Wildman–Crippen MR) is 133 cm³/mol. The fraction of sp³-hybridized carbons (Fsp3) is 0.750. The van der Waals surface area contributed by atoms with Crippen LogP contribution in [0.1, 0.15) is 64.7 Å². The lowest BCUT2D eigenvalue weighted by molar-refractivity contribution is -0.135. The number of ketones is 1. The van der Waals surface area contributed by atoms with E-state index in [9.17, 15) is 14.3 Å². The lowest BCUT2D eigenvalue weighted by Crippen LogP contribution is -2.52. The van der Waals surface area contributed by atoms with Crippen LogP contribution < -0.4 is 5.73 Å². The molecule has 0 aromatic heterocycles. The number of nitrogens with two attached hydrogens (primary N) is 1. The molecule has 7 heteroatoms. The number of nitrogen functional groups attached to an aromatic ring is 1. The molecule has 4 fully saturated rings. The molecule has 4 saturated carbocycles. The molecule has 0 spiro atoms. The van der Waals surface area contributed by atoms with E-state index in [0.717, 1.165) is 44.4 Å². The zero-order valence-corrected chi connectivity index (χ0v) is 21.1. The number of halogens is 1. The molecule has 0 aliphatic heterocycles. The monoisotopic (exact) mass is 485 g/mol. The highest BCUT2D eigenvalue weighted by atomic mass is 19.1. The maximum atomic E-state index is 13.3. The number of hydrogen-bond acceptors (Lipinski definition) is 6. The SMILES string of the molecule is COC[C@@]1(O)CC[C@H]2[C@H](CC[C@@H]3[C@@H]2CC[C@]2(C)[C@@H](C(=O)CN=Nc4ccc(F)cc4N)CC[C@@H]32)C1. The van der Waals surface area contributed by atoms with Gasteiger partial charge in [0.05, 0.1) is 17.9 Å². The number of fused-ring (bicyclic) bond motifs is 5. The van der Waals surface area contributed by atoms with E-state index in [-0.39, 0.29) is 29.3 Å². The van der Waals surface area contributed by atoms with Gasteiger partial charge in [-0.05, 0) is 111 Å². The van der Waals surface area contributed by atoms with E-state index in [1.54, 1.807) is 7.11 Å². The van der Waals surface area contributed by atoms with Crippen LogP contribution in [0.5, 0.6) is 0 Å². The van der Waals surface area contributed by atoms with Crippen molar-refractivity contribution in [2.75, 3.05) is 26.0 Å². The lowest BCUT2D eigenvalue weighted by Gasteiger charge is -2.57. The Bertz CT molecular complexity index is 986. The second kappa shape index (κ2) is 9.55. The fourth-order valence-electron chi connectivity index (χ4n) is 8.80. The zero-order valence-electron chi connectivity index (χ0n) is 21.1. The van der Waals surface area contributed by atoms with Gasteiger partial charge in [-0.25, -0.2) is 4.39 Å². The first kappa shape index (κ1) is 24.8. The van der Waals surface area contributed by atoms with E-state index in [1.807, 2.05) is 0 Å². The summed E-state index contributed by atoms with van der Waals surface area (Å²) < 4.78 is 18.6. The average Bonchev–Trinajstić information content (AvgIpc) is 3.17. The van der Waals surface area contributed by atoms with Crippen molar-refractivity contribution >= 4 is 17.2 Å². The first-order valence-corrected chi connectivity index (χ1v) is 13.4. The number of carbonyl (C=O) groups is 1. The molecule has 6 nitrogen and oxygen atoms in total. The molecule has 192 valence electrons. The largest absolute Gasteiger partial charge is 0.397 e. The molecule has 0 radical (unpaired) electrons. The number of rotatable bonds is 6.